The minimum absolute atomic E-state index is 0.0235. The Balaban J connectivity index is 1.64. The van der Waals surface area contributed by atoms with E-state index in [2.05, 4.69) is 12.2 Å². The van der Waals surface area contributed by atoms with Gasteiger partial charge in [0.05, 0.1) is 26.4 Å². The van der Waals surface area contributed by atoms with Crippen LogP contribution in [0.15, 0.2) is 42.5 Å². The number of amides is 2. The minimum atomic E-state index is -4.49. The molecule has 1 aliphatic heterocycles. The lowest BCUT2D eigenvalue weighted by Crippen LogP contribution is -2.57. The number of rotatable bonds is 6. The molecule has 2 aromatic rings. The van der Waals surface area contributed by atoms with E-state index in [0.717, 1.165) is 25.0 Å². The monoisotopic (exact) mass is 520 g/mol. The van der Waals surface area contributed by atoms with E-state index in [-0.39, 0.29) is 24.6 Å². The van der Waals surface area contributed by atoms with Crippen LogP contribution in [0.2, 0.25) is 0 Å². The Hall–Kier alpha value is -3.27. The molecule has 37 heavy (non-hydrogen) atoms. The maximum Gasteiger partial charge on any atom is 0.416 e. The van der Waals surface area contributed by atoms with Gasteiger partial charge < -0.3 is 19.5 Å². The van der Waals surface area contributed by atoms with Gasteiger partial charge in [-0.1, -0.05) is 31.5 Å². The Morgan fingerprint density at radius 2 is 1.81 bits per heavy atom. The SMILES string of the molecule is COc1cccc(OC)c1C(=O)N1C(C(=O)NCc2cccc(C(F)(F)F)c2)COC12CCCC(C)C2. The predicted octanol–water partition coefficient (Wildman–Crippen LogP) is 4.79. The molecule has 2 aromatic carbocycles. The van der Waals surface area contributed by atoms with Crippen molar-refractivity contribution in [1.29, 1.82) is 0 Å². The van der Waals surface area contributed by atoms with Crippen molar-refractivity contribution < 1.29 is 37.0 Å². The second-order valence-electron chi connectivity index (χ2n) is 9.60. The lowest BCUT2D eigenvalue weighted by Gasteiger charge is -2.43. The highest BCUT2D eigenvalue weighted by molar-refractivity contribution is 6.02. The van der Waals surface area contributed by atoms with Crippen molar-refractivity contribution in [2.75, 3.05) is 20.8 Å². The molecule has 10 heteroatoms. The Morgan fingerprint density at radius 1 is 1.14 bits per heavy atom. The van der Waals surface area contributed by atoms with Crippen LogP contribution in [-0.2, 0) is 22.3 Å². The van der Waals surface area contributed by atoms with Crippen LogP contribution >= 0.6 is 0 Å². The lowest BCUT2D eigenvalue weighted by atomic mass is 9.82. The molecule has 7 nitrogen and oxygen atoms in total. The molecule has 0 bridgehead atoms. The molecule has 2 amide bonds. The number of hydrogen-bond donors (Lipinski definition) is 1. The van der Waals surface area contributed by atoms with E-state index >= 15 is 0 Å². The Labute approximate surface area is 213 Å². The number of carbonyl (C=O) groups is 2. The fourth-order valence-electron chi connectivity index (χ4n) is 5.35. The number of alkyl halides is 3. The van der Waals surface area contributed by atoms with Crippen molar-refractivity contribution in [3.63, 3.8) is 0 Å². The normalized spacial score (nSPS) is 23.7. The fourth-order valence-corrected chi connectivity index (χ4v) is 5.35. The van der Waals surface area contributed by atoms with Gasteiger partial charge in [-0.05, 0) is 55.0 Å². The molecule has 3 unspecified atom stereocenters. The first-order chi connectivity index (χ1) is 17.6. The van der Waals surface area contributed by atoms with Crippen LogP contribution in [0.3, 0.4) is 0 Å². The van der Waals surface area contributed by atoms with Crippen LogP contribution in [0.25, 0.3) is 0 Å². The van der Waals surface area contributed by atoms with Gasteiger partial charge in [0, 0.05) is 6.54 Å². The van der Waals surface area contributed by atoms with Gasteiger partial charge >= 0.3 is 6.18 Å². The van der Waals surface area contributed by atoms with E-state index in [0.29, 0.717) is 29.9 Å². The lowest BCUT2D eigenvalue weighted by molar-refractivity contribution is -0.137. The molecule has 1 heterocycles. The Morgan fingerprint density at radius 3 is 2.43 bits per heavy atom. The van der Waals surface area contributed by atoms with E-state index in [1.165, 1.54) is 31.3 Å². The van der Waals surface area contributed by atoms with E-state index in [1.807, 2.05) is 0 Å². The van der Waals surface area contributed by atoms with E-state index < -0.39 is 35.3 Å². The summed E-state index contributed by atoms with van der Waals surface area (Å²) in [4.78, 5) is 29.0. The molecule has 4 rings (SSSR count). The standard InChI is InChI=1S/C27H31F3N2O5/c1-17-7-6-12-26(14-17)32(25(34)23-21(35-2)10-5-11-22(23)36-3)20(16-37-26)24(33)31-15-18-8-4-9-19(13-18)27(28,29)30/h4-5,8-11,13,17,20H,6-7,12,14-16H2,1-3H3,(H,31,33). The zero-order valence-electron chi connectivity index (χ0n) is 21.1. The number of hydrogen-bond acceptors (Lipinski definition) is 5. The molecular formula is C27H31F3N2O5. The Bertz CT molecular complexity index is 1130. The third-order valence-electron chi connectivity index (χ3n) is 7.08. The van der Waals surface area contributed by atoms with Crippen molar-refractivity contribution in [3.8, 4) is 11.5 Å². The van der Waals surface area contributed by atoms with Gasteiger partial charge in [0.2, 0.25) is 5.91 Å². The van der Waals surface area contributed by atoms with Gasteiger partial charge in [-0.2, -0.15) is 13.2 Å². The molecule has 3 atom stereocenters. The number of ether oxygens (including phenoxy) is 3. The highest BCUT2D eigenvalue weighted by Gasteiger charge is 2.54. The summed E-state index contributed by atoms with van der Waals surface area (Å²) in [5.74, 6) is -0.0813. The molecule has 1 saturated carbocycles. The Kier molecular flexibility index (Phi) is 7.68. The smallest absolute Gasteiger partial charge is 0.416 e. The number of benzene rings is 2. The topological polar surface area (TPSA) is 77.1 Å². The molecule has 1 saturated heterocycles. The third kappa shape index (κ3) is 5.39. The van der Waals surface area contributed by atoms with Crippen molar-refractivity contribution in [2.24, 2.45) is 5.92 Å². The fraction of sp³-hybridized carbons (Fsp3) is 0.481. The second-order valence-corrected chi connectivity index (χ2v) is 9.60. The van der Waals surface area contributed by atoms with Gasteiger partial charge in [-0.15, -0.1) is 0 Å². The van der Waals surface area contributed by atoms with Crippen LogP contribution in [0, 0.1) is 5.92 Å². The molecule has 1 N–H and O–H groups in total. The quantitative estimate of drug-likeness (QED) is 0.593. The summed E-state index contributed by atoms with van der Waals surface area (Å²) in [6.07, 6.45) is -1.55. The van der Waals surface area contributed by atoms with Gasteiger partial charge in [0.25, 0.3) is 5.91 Å². The van der Waals surface area contributed by atoms with E-state index in [1.54, 1.807) is 18.2 Å². The first-order valence-electron chi connectivity index (χ1n) is 12.2. The van der Waals surface area contributed by atoms with Crippen molar-refractivity contribution in [2.45, 2.75) is 57.1 Å². The number of halogens is 3. The minimum Gasteiger partial charge on any atom is -0.496 e. The first kappa shape index (κ1) is 26.8. The molecule has 2 fully saturated rings. The molecule has 0 radical (unpaired) electrons. The largest absolute Gasteiger partial charge is 0.496 e. The van der Waals surface area contributed by atoms with Gasteiger partial charge in [0.1, 0.15) is 28.8 Å². The van der Waals surface area contributed by atoms with Gasteiger partial charge in [-0.25, -0.2) is 0 Å². The van der Waals surface area contributed by atoms with Crippen LogP contribution in [0.1, 0.15) is 54.1 Å². The molecule has 200 valence electrons. The van der Waals surface area contributed by atoms with E-state index in [9.17, 15) is 22.8 Å². The van der Waals surface area contributed by atoms with Crippen molar-refractivity contribution >= 4 is 11.8 Å². The maximum atomic E-state index is 14.1. The molecule has 0 aromatic heterocycles. The first-order valence-corrected chi connectivity index (χ1v) is 12.2. The summed E-state index contributed by atoms with van der Waals surface area (Å²) in [5.41, 5.74) is -1.28. The van der Waals surface area contributed by atoms with Crippen molar-refractivity contribution in [1.82, 2.24) is 10.2 Å². The van der Waals surface area contributed by atoms with Crippen molar-refractivity contribution in [3.05, 3.63) is 59.2 Å². The predicted molar refractivity (Wildman–Crippen MR) is 129 cm³/mol. The number of nitrogens with zero attached hydrogens (tertiary/aromatic N) is 1. The molecule has 2 aliphatic rings. The summed E-state index contributed by atoms with van der Waals surface area (Å²) in [5, 5.41) is 2.70. The number of carbonyl (C=O) groups excluding carboxylic acids is 2. The molecule has 1 spiro atoms. The van der Waals surface area contributed by atoms with Gasteiger partial charge in [0.15, 0.2) is 0 Å². The van der Waals surface area contributed by atoms with Crippen LogP contribution in [-0.4, -0.2) is 49.3 Å². The van der Waals surface area contributed by atoms with Gasteiger partial charge in [-0.3, -0.25) is 14.5 Å². The average Bonchev–Trinajstić information content (AvgIpc) is 3.23. The van der Waals surface area contributed by atoms with Crippen LogP contribution in [0.5, 0.6) is 11.5 Å². The third-order valence-corrected chi connectivity index (χ3v) is 7.08. The van der Waals surface area contributed by atoms with Crippen LogP contribution < -0.4 is 14.8 Å². The number of methoxy groups -OCH3 is 2. The molecular weight excluding hydrogens is 489 g/mol. The summed E-state index contributed by atoms with van der Waals surface area (Å²) in [7, 11) is 2.90. The average molecular weight is 521 g/mol. The van der Waals surface area contributed by atoms with Crippen LogP contribution in [0.4, 0.5) is 13.2 Å². The zero-order valence-corrected chi connectivity index (χ0v) is 21.1. The summed E-state index contributed by atoms with van der Waals surface area (Å²) >= 11 is 0. The maximum absolute atomic E-state index is 14.1. The summed E-state index contributed by atoms with van der Waals surface area (Å²) in [6, 6.07) is 8.80. The molecule has 1 aliphatic carbocycles. The number of nitrogens with one attached hydrogen (secondary N) is 1. The second kappa shape index (κ2) is 10.6. The summed E-state index contributed by atoms with van der Waals surface area (Å²) in [6.45, 7) is 1.94. The summed E-state index contributed by atoms with van der Waals surface area (Å²) < 4.78 is 56.4. The highest BCUT2D eigenvalue weighted by Crippen LogP contribution is 2.45. The van der Waals surface area contributed by atoms with E-state index in [4.69, 9.17) is 14.2 Å². The zero-order chi connectivity index (χ0) is 26.8. The highest BCUT2D eigenvalue weighted by atomic mass is 19.4.